The van der Waals surface area contributed by atoms with E-state index >= 15 is 0 Å². The maximum Gasteiger partial charge on any atom is 0.494 e. The van der Waals surface area contributed by atoms with Crippen molar-refractivity contribution in [2.45, 2.75) is 70.8 Å². The molecular weight excluding hydrogens is 301 g/mol. The summed E-state index contributed by atoms with van der Waals surface area (Å²) in [5.74, 6) is 0. The predicted octanol–water partition coefficient (Wildman–Crippen LogP) is 2.33. The van der Waals surface area contributed by atoms with E-state index in [9.17, 15) is 5.11 Å². The summed E-state index contributed by atoms with van der Waals surface area (Å²) >= 11 is 0. The van der Waals surface area contributed by atoms with E-state index in [-0.39, 0.29) is 18.3 Å². The van der Waals surface area contributed by atoms with Crippen LogP contribution in [0.15, 0.2) is 24.3 Å². The van der Waals surface area contributed by atoms with Crippen LogP contribution >= 0.6 is 0 Å². The molecule has 2 aliphatic rings. The maximum atomic E-state index is 10.0. The van der Waals surface area contributed by atoms with Crippen LogP contribution in [0, 0.1) is 0 Å². The lowest BCUT2D eigenvalue weighted by Crippen LogP contribution is -2.42. The van der Waals surface area contributed by atoms with Gasteiger partial charge in [0.15, 0.2) is 0 Å². The summed E-state index contributed by atoms with van der Waals surface area (Å²) in [6, 6.07) is 8.54. The van der Waals surface area contributed by atoms with Gasteiger partial charge < -0.3 is 14.4 Å². The van der Waals surface area contributed by atoms with Gasteiger partial charge in [0.25, 0.3) is 0 Å². The molecule has 0 saturated carbocycles. The molecule has 1 N–H and O–H groups in total. The zero-order valence-corrected chi connectivity index (χ0v) is 15.6. The van der Waals surface area contributed by atoms with E-state index in [0.717, 1.165) is 37.9 Å². The number of benzene rings is 1. The van der Waals surface area contributed by atoms with Crippen molar-refractivity contribution < 1.29 is 14.4 Å². The lowest BCUT2D eigenvalue weighted by atomic mass is 9.79. The normalized spacial score (nSPS) is 25.8. The molecule has 0 amide bonds. The van der Waals surface area contributed by atoms with Crippen molar-refractivity contribution in [1.29, 1.82) is 0 Å². The molecule has 1 aromatic rings. The summed E-state index contributed by atoms with van der Waals surface area (Å²) < 4.78 is 12.2. The Kier molecular flexibility index (Phi) is 4.58. The molecule has 5 heteroatoms. The highest BCUT2D eigenvalue weighted by Gasteiger charge is 2.51. The first kappa shape index (κ1) is 17.9. The Hall–Kier alpha value is -0.875. The van der Waals surface area contributed by atoms with Crippen molar-refractivity contribution in [2.75, 3.05) is 13.1 Å². The minimum absolute atomic E-state index is 0.297. The summed E-state index contributed by atoms with van der Waals surface area (Å²) in [5.41, 5.74) is 1.26. The lowest BCUT2D eigenvalue weighted by molar-refractivity contribution is -0.00730. The molecule has 0 aliphatic carbocycles. The largest absolute Gasteiger partial charge is 0.494 e. The van der Waals surface area contributed by atoms with Gasteiger partial charge in [0.1, 0.15) is 0 Å². The minimum atomic E-state index is -0.489. The van der Waals surface area contributed by atoms with E-state index < -0.39 is 5.60 Å². The zero-order valence-electron chi connectivity index (χ0n) is 15.6. The Morgan fingerprint density at radius 2 is 1.46 bits per heavy atom. The molecule has 0 bridgehead atoms. The molecule has 3 rings (SSSR count). The van der Waals surface area contributed by atoms with Gasteiger partial charge in [0.05, 0.1) is 16.8 Å². The molecule has 24 heavy (non-hydrogen) atoms. The summed E-state index contributed by atoms with van der Waals surface area (Å²) in [6.45, 7) is 13.1. The van der Waals surface area contributed by atoms with Gasteiger partial charge in [-0.15, -0.1) is 0 Å². The Morgan fingerprint density at radius 1 is 0.958 bits per heavy atom. The molecule has 2 aliphatic heterocycles. The van der Waals surface area contributed by atoms with Crippen LogP contribution in [0.5, 0.6) is 0 Å². The molecular formula is C19H30BNO3. The molecule has 0 radical (unpaired) electrons. The summed E-state index contributed by atoms with van der Waals surface area (Å²) in [4.78, 5) is 2.40. The Labute approximate surface area is 146 Å². The van der Waals surface area contributed by atoms with E-state index in [0.29, 0.717) is 0 Å². The average molecular weight is 331 g/mol. The monoisotopic (exact) mass is 331 g/mol. The summed E-state index contributed by atoms with van der Waals surface area (Å²) in [6.07, 6.45) is 1.69. The van der Waals surface area contributed by atoms with Crippen molar-refractivity contribution >= 4 is 12.6 Å². The van der Waals surface area contributed by atoms with E-state index in [4.69, 9.17) is 9.31 Å². The minimum Gasteiger partial charge on any atom is -0.399 e. The van der Waals surface area contributed by atoms with Gasteiger partial charge in [-0.05, 0) is 58.5 Å². The topological polar surface area (TPSA) is 41.9 Å². The number of aliphatic hydroxyl groups is 1. The Morgan fingerprint density at radius 3 is 1.96 bits per heavy atom. The fourth-order valence-corrected chi connectivity index (χ4v) is 3.21. The van der Waals surface area contributed by atoms with Gasteiger partial charge in [0, 0.05) is 19.6 Å². The standard InChI is InChI=1S/C19H30BNO3/c1-17(2)18(3,4)24-20(23-17)16-8-6-15(7-9-16)14-21-12-10-19(5,22)11-13-21/h6-9,22H,10-14H2,1-5H3. The number of likely N-dealkylation sites (tertiary alicyclic amines) is 1. The highest BCUT2D eigenvalue weighted by atomic mass is 16.7. The van der Waals surface area contributed by atoms with Crippen LogP contribution < -0.4 is 5.46 Å². The van der Waals surface area contributed by atoms with Crippen LogP contribution in [0.1, 0.15) is 53.0 Å². The van der Waals surface area contributed by atoms with E-state index in [1.807, 2.05) is 6.92 Å². The first-order valence-electron chi connectivity index (χ1n) is 8.97. The Balaban J connectivity index is 1.61. The molecule has 4 nitrogen and oxygen atoms in total. The second kappa shape index (κ2) is 6.13. The first-order chi connectivity index (χ1) is 11.1. The van der Waals surface area contributed by atoms with Crippen molar-refractivity contribution in [1.82, 2.24) is 4.90 Å². The van der Waals surface area contributed by atoms with E-state index in [2.05, 4.69) is 56.9 Å². The first-order valence-corrected chi connectivity index (χ1v) is 8.97. The third-order valence-electron chi connectivity index (χ3n) is 5.84. The number of hydrogen-bond donors (Lipinski definition) is 1. The quantitative estimate of drug-likeness (QED) is 0.864. The highest BCUT2D eigenvalue weighted by Crippen LogP contribution is 2.36. The van der Waals surface area contributed by atoms with Gasteiger partial charge in [-0.1, -0.05) is 24.3 Å². The van der Waals surface area contributed by atoms with Crippen molar-refractivity contribution in [2.24, 2.45) is 0 Å². The number of rotatable bonds is 3. The SMILES string of the molecule is CC1(O)CCN(Cc2ccc(B3OC(C)(C)C(C)(C)O3)cc2)CC1. The average Bonchev–Trinajstić information content (AvgIpc) is 2.70. The highest BCUT2D eigenvalue weighted by molar-refractivity contribution is 6.62. The van der Waals surface area contributed by atoms with Crippen molar-refractivity contribution in [3.05, 3.63) is 29.8 Å². The molecule has 1 aromatic carbocycles. The third-order valence-corrected chi connectivity index (χ3v) is 5.84. The molecule has 2 heterocycles. The number of nitrogens with zero attached hydrogens (tertiary/aromatic N) is 1. The molecule has 2 fully saturated rings. The Bertz CT molecular complexity index is 557. The van der Waals surface area contributed by atoms with Gasteiger partial charge in [0.2, 0.25) is 0 Å². The molecule has 0 unspecified atom stereocenters. The number of piperidine rings is 1. The van der Waals surface area contributed by atoms with Crippen LogP contribution in [0.2, 0.25) is 0 Å². The second-order valence-corrected chi connectivity index (χ2v) is 8.60. The molecule has 0 aromatic heterocycles. The van der Waals surface area contributed by atoms with Crippen molar-refractivity contribution in [3.63, 3.8) is 0 Å². The van der Waals surface area contributed by atoms with Gasteiger partial charge in [-0.3, -0.25) is 4.90 Å². The van der Waals surface area contributed by atoms with Crippen LogP contribution in [-0.4, -0.2) is 47.0 Å². The third kappa shape index (κ3) is 3.69. The fraction of sp³-hybridized carbons (Fsp3) is 0.684. The molecule has 132 valence electrons. The number of hydrogen-bond acceptors (Lipinski definition) is 4. The zero-order chi connectivity index (χ0) is 17.6. The van der Waals surface area contributed by atoms with Crippen LogP contribution in [0.4, 0.5) is 0 Å². The second-order valence-electron chi connectivity index (χ2n) is 8.60. The molecule has 0 atom stereocenters. The smallest absolute Gasteiger partial charge is 0.399 e. The predicted molar refractivity (Wildman–Crippen MR) is 97.3 cm³/mol. The fourth-order valence-electron chi connectivity index (χ4n) is 3.21. The van der Waals surface area contributed by atoms with E-state index in [1.165, 1.54) is 5.56 Å². The van der Waals surface area contributed by atoms with Crippen LogP contribution in [-0.2, 0) is 15.9 Å². The maximum absolute atomic E-state index is 10.0. The van der Waals surface area contributed by atoms with Crippen molar-refractivity contribution in [3.8, 4) is 0 Å². The van der Waals surface area contributed by atoms with Gasteiger partial charge >= 0.3 is 7.12 Å². The van der Waals surface area contributed by atoms with Crippen LogP contribution in [0.3, 0.4) is 0 Å². The summed E-state index contributed by atoms with van der Waals surface area (Å²) in [7, 11) is -0.297. The van der Waals surface area contributed by atoms with Gasteiger partial charge in [-0.2, -0.15) is 0 Å². The van der Waals surface area contributed by atoms with Gasteiger partial charge in [-0.25, -0.2) is 0 Å². The lowest BCUT2D eigenvalue weighted by Gasteiger charge is -2.35. The van der Waals surface area contributed by atoms with Crippen LogP contribution in [0.25, 0.3) is 0 Å². The summed E-state index contributed by atoms with van der Waals surface area (Å²) in [5, 5.41) is 10.0. The van der Waals surface area contributed by atoms with E-state index in [1.54, 1.807) is 0 Å². The molecule has 0 spiro atoms. The molecule has 2 saturated heterocycles.